The average Bonchev–Trinajstić information content (AvgIpc) is 3.58. The summed E-state index contributed by atoms with van der Waals surface area (Å²) >= 11 is 0. The number of fused-ring (bicyclic) bond motifs is 2. The van der Waals surface area contributed by atoms with E-state index in [-0.39, 0.29) is 11.0 Å². The first kappa shape index (κ1) is 26.5. The molecule has 0 radical (unpaired) electrons. The van der Waals surface area contributed by atoms with Crippen LogP contribution in [-0.4, -0.2) is 72.7 Å². The Morgan fingerprint density at radius 3 is 2.64 bits per heavy atom. The maximum atomic E-state index is 14.2. The van der Waals surface area contributed by atoms with Crippen molar-refractivity contribution in [1.82, 2.24) is 14.9 Å². The molecule has 3 aliphatic rings. The van der Waals surface area contributed by atoms with Gasteiger partial charge in [-0.15, -0.1) is 0 Å². The lowest BCUT2D eigenvalue weighted by Gasteiger charge is -2.39. The maximum absolute atomic E-state index is 14.2. The van der Waals surface area contributed by atoms with E-state index >= 15 is 0 Å². The molecule has 0 atom stereocenters. The van der Waals surface area contributed by atoms with Gasteiger partial charge in [0.05, 0.1) is 23.2 Å². The third kappa shape index (κ3) is 5.00. The quantitative estimate of drug-likeness (QED) is 0.356. The third-order valence-corrected chi connectivity index (χ3v) is 11.2. The number of rotatable bonds is 6. The molecule has 0 spiro atoms. The number of halogens is 3. The van der Waals surface area contributed by atoms with Crippen LogP contribution in [0.4, 0.5) is 30.4 Å². The Bertz CT molecular complexity index is 1410. The number of benzene rings is 1. The van der Waals surface area contributed by atoms with Gasteiger partial charge in [0.15, 0.2) is 0 Å². The summed E-state index contributed by atoms with van der Waals surface area (Å²) in [4.78, 5) is 9.56. The van der Waals surface area contributed by atoms with Crippen LogP contribution in [-0.2, 0) is 21.9 Å². The third-order valence-electron chi connectivity index (χ3n) is 8.05. The molecule has 0 bridgehead atoms. The van der Waals surface area contributed by atoms with Gasteiger partial charge >= 0.3 is 6.18 Å². The van der Waals surface area contributed by atoms with Crippen molar-refractivity contribution in [2.75, 3.05) is 62.4 Å². The fourth-order valence-electron chi connectivity index (χ4n) is 6.11. The first-order valence-electron chi connectivity index (χ1n) is 13.6. The van der Waals surface area contributed by atoms with Gasteiger partial charge in [-0.2, -0.15) is 13.2 Å². The van der Waals surface area contributed by atoms with Crippen LogP contribution in [0, 0.1) is 0 Å². The molecule has 2 fully saturated rings. The molecule has 2 saturated heterocycles. The van der Waals surface area contributed by atoms with Crippen LogP contribution in [0.5, 0.6) is 5.75 Å². The molecule has 6 rings (SSSR count). The van der Waals surface area contributed by atoms with Crippen molar-refractivity contribution in [2.24, 2.45) is 0 Å². The van der Waals surface area contributed by atoms with Crippen LogP contribution >= 0.6 is 7.14 Å². The fourth-order valence-corrected chi connectivity index (χ4v) is 9.03. The van der Waals surface area contributed by atoms with E-state index in [2.05, 4.69) is 25.5 Å². The van der Waals surface area contributed by atoms with Crippen molar-refractivity contribution >= 4 is 40.7 Å². The first-order valence-corrected chi connectivity index (χ1v) is 15.6. The summed E-state index contributed by atoms with van der Waals surface area (Å²) in [6.07, 6.45) is 0.496. The predicted octanol–water partition coefficient (Wildman–Crippen LogP) is 5.18. The zero-order valence-electron chi connectivity index (χ0n) is 21.9. The molecular formula is C27H33F3N5O3P. The van der Waals surface area contributed by atoms with Crippen LogP contribution in [0.25, 0.3) is 11.0 Å². The van der Waals surface area contributed by atoms with Crippen LogP contribution in [0.1, 0.15) is 30.9 Å². The van der Waals surface area contributed by atoms with Gasteiger partial charge in [0, 0.05) is 86.5 Å². The lowest BCUT2D eigenvalue weighted by Crippen LogP contribution is -2.46. The Morgan fingerprint density at radius 1 is 1.15 bits per heavy atom. The second kappa shape index (κ2) is 10.3. The first-order chi connectivity index (χ1) is 18.8. The zero-order chi connectivity index (χ0) is 27.2. The van der Waals surface area contributed by atoms with Crippen molar-refractivity contribution in [3.8, 4) is 5.75 Å². The molecule has 8 nitrogen and oxygen atoms in total. The molecule has 1 aromatic carbocycles. The minimum atomic E-state index is -4.50. The number of aromatic nitrogens is 2. The van der Waals surface area contributed by atoms with E-state index in [1.165, 1.54) is 0 Å². The number of alkyl halides is 3. The number of ether oxygens (including phenoxy) is 2. The van der Waals surface area contributed by atoms with Gasteiger partial charge in [0.2, 0.25) is 0 Å². The molecule has 3 N–H and O–H groups in total. The summed E-state index contributed by atoms with van der Waals surface area (Å²) in [5.41, 5.74) is 1.35. The molecule has 39 heavy (non-hydrogen) atoms. The zero-order valence-corrected chi connectivity index (χ0v) is 22.8. The van der Waals surface area contributed by atoms with E-state index in [1.54, 1.807) is 6.07 Å². The summed E-state index contributed by atoms with van der Waals surface area (Å²) in [7, 11) is -2.58. The Labute approximate surface area is 225 Å². The highest BCUT2D eigenvalue weighted by Crippen LogP contribution is 2.51. The molecular weight excluding hydrogens is 530 g/mol. The van der Waals surface area contributed by atoms with Crippen molar-refractivity contribution in [1.29, 1.82) is 0 Å². The van der Waals surface area contributed by atoms with E-state index < -0.39 is 18.9 Å². The van der Waals surface area contributed by atoms with Crippen LogP contribution in [0.2, 0.25) is 0 Å². The van der Waals surface area contributed by atoms with Crippen molar-refractivity contribution in [2.45, 2.75) is 38.4 Å². The highest BCUT2D eigenvalue weighted by atomic mass is 31.2. The SMILES string of the molecule is CCNc1cc(Nc2ccc(P3(=O)CCN(C4CCOCC4)CC3)c3c2OCC3)nc2[nH]cc(C(F)(F)F)c12. The minimum absolute atomic E-state index is 0.0110. The predicted molar refractivity (Wildman–Crippen MR) is 147 cm³/mol. The van der Waals surface area contributed by atoms with Crippen LogP contribution in [0.15, 0.2) is 24.4 Å². The maximum Gasteiger partial charge on any atom is 0.418 e. The summed E-state index contributed by atoms with van der Waals surface area (Å²) in [5, 5.41) is 7.20. The Kier molecular flexibility index (Phi) is 7.02. The number of nitrogens with one attached hydrogen (secondary N) is 3. The fraction of sp³-hybridized carbons (Fsp3) is 0.519. The topological polar surface area (TPSA) is 91.5 Å². The van der Waals surface area contributed by atoms with Gasteiger partial charge in [-0.05, 0) is 31.9 Å². The molecule has 3 aromatic rings. The number of hydrogen-bond acceptors (Lipinski definition) is 7. The number of H-pyrrole nitrogens is 1. The van der Waals surface area contributed by atoms with Crippen LogP contribution in [0.3, 0.4) is 0 Å². The Hall–Kier alpha value is -2.75. The van der Waals surface area contributed by atoms with E-state index in [0.29, 0.717) is 60.9 Å². The van der Waals surface area contributed by atoms with Gasteiger partial charge in [-0.1, -0.05) is 0 Å². The molecule has 210 valence electrons. The number of pyridine rings is 1. The molecule has 5 heterocycles. The minimum Gasteiger partial charge on any atom is -0.491 e. The molecule has 0 amide bonds. The second-order valence-electron chi connectivity index (χ2n) is 10.4. The Balaban J connectivity index is 1.27. The number of nitrogens with zero attached hydrogens (tertiary/aromatic N) is 2. The largest absolute Gasteiger partial charge is 0.491 e. The highest BCUT2D eigenvalue weighted by molar-refractivity contribution is 7.71. The van der Waals surface area contributed by atoms with Gasteiger partial charge < -0.3 is 29.7 Å². The number of anilines is 3. The van der Waals surface area contributed by atoms with E-state index in [4.69, 9.17) is 9.47 Å². The molecule has 0 unspecified atom stereocenters. The van der Waals surface area contributed by atoms with E-state index in [9.17, 15) is 17.7 Å². The number of hydrogen-bond donors (Lipinski definition) is 3. The monoisotopic (exact) mass is 563 g/mol. The van der Waals surface area contributed by atoms with Gasteiger partial charge in [-0.3, -0.25) is 4.90 Å². The summed E-state index contributed by atoms with van der Waals surface area (Å²) in [6.45, 7) is 6.02. The average molecular weight is 564 g/mol. The number of aromatic amines is 1. The highest BCUT2D eigenvalue weighted by Gasteiger charge is 2.38. The molecule has 0 saturated carbocycles. The van der Waals surface area contributed by atoms with Crippen LogP contribution < -0.4 is 20.7 Å². The summed E-state index contributed by atoms with van der Waals surface area (Å²) in [6, 6.07) is 5.90. The molecule has 0 aliphatic carbocycles. The lowest BCUT2D eigenvalue weighted by molar-refractivity contribution is -0.136. The van der Waals surface area contributed by atoms with Gasteiger partial charge in [-0.25, -0.2) is 4.98 Å². The second-order valence-corrected chi connectivity index (χ2v) is 13.5. The van der Waals surface area contributed by atoms with Crippen molar-refractivity contribution in [3.05, 3.63) is 35.5 Å². The standard InChI is InChI=1S/C27H33F3N5O3P/c1-2-31-21-15-23(34-26-24(21)19(16-32-26)27(28,29)30)33-20-3-4-22(18-7-12-38-25(18)20)39(36)13-8-35(9-14-39)17-5-10-37-11-6-17/h3-4,15-17H,2,5-14H2,1H3,(H3,31,32,33,34). The van der Waals surface area contributed by atoms with Gasteiger partial charge in [0.1, 0.15) is 24.4 Å². The van der Waals surface area contributed by atoms with E-state index in [0.717, 1.165) is 56.2 Å². The molecule has 3 aliphatic heterocycles. The summed E-state index contributed by atoms with van der Waals surface area (Å²) in [5.74, 6) is 1.04. The van der Waals surface area contributed by atoms with Crippen molar-refractivity contribution in [3.63, 3.8) is 0 Å². The molecule has 2 aromatic heterocycles. The normalized spacial score (nSPS) is 20.1. The lowest BCUT2D eigenvalue weighted by atomic mass is 10.1. The van der Waals surface area contributed by atoms with E-state index in [1.807, 2.05) is 19.1 Å². The molecule has 12 heteroatoms. The van der Waals surface area contributed by atoms with Gasteiger partial charge in [0.25, 0.3) is 0 Å². The Morgan fingerprint density at radius 2 is 1.92 bits per heavy atom. The summed E-state index contributed by atoms with van der Waals surface area (Å²) < 4.78 is 66.4. The smallest absolute Gasteiger partial charge is 0.418 e. The van der Waals surface area contributed by atoms with Crippen molar-refractivity contribution < 1.29 is 27.2 Å².